The fourth-order valence-electron chi connectivity index (χ4n) is 1.55. The van der Waals surface area contributed by atoms with Crippen molar-refractivity contribution in [2.24, 2.45) is 5.41 Å². The second-order valence-electron chi connectivity index (χ2n) is 5.62. The number of nitro groups is 1. The van der Waals surface area contributed by atoms with Gasteiger partial charge in [-0.1, -0.05) is 20.8 Å². The topological polar surface area (TPSA) is 80.1 Å². The van der Waals surface area contributed by atoms with E-state index in [2.05, 4.69) is 36.4 Å². The molecule has 0 bridgehead atoms. The standard InChI is InChI=1S/C13H22N4O2/c1-5-14-11-8-10(17(18)19)9-12(16-11)15-7-6-13(2,3)4/h8-9H,5-7H2,1-4H3,(H2,14,15,16). The van der Waals surface area contributed by atoms with Crippen LogP contribution in [0, 0.1) is 15.5 Å². The number of nitrogens with zero attached hydrogens (tertiary/aromatic N) is 2. The van der Waals surface area contributed by atoms with Crippen LogP contribution in [-0.4, -0.2) is 23.0 Å². The molecule has 1 heterocycles. The van der Waals surface area contributed by atoms with E-state index in [9.17, 15) is 10.1 Å². The lowest BCUT2D eigenvalue weighted by Gasteiger charge is -2.18. The molecule has 0 saturated heterocycles. The molecule has 19 heavy (non-hydrogen) atoms. The van der Waals surface area contributed by atoms with Crippen molar-refractivity contribution in [2.75, 3.05) is 23.7 Å². The van der Waals surface area contributed by atoms with Crippen molar-refractivity contribution in [1.29, 1.82) is 0 Å². The summed E-state index contributed by atoms with van der Waals surface area (Å²) in [5.41, 5.74) is 0.266. The Balaban J connectivity index is 2.78. The highest BCUT2D eigenvalue weighted by Gasteiger charge is 2.12. The number of anilines is 2. The van der Waals surface area contributed by atoms with Gasteiger partial charge in [-0.25, -0.2) is 4.98 Å². The second-order valence-corrected chi connectivity index (χ2v) is 5.62. The Morgan fingerprint density at radius 3 is 2.32 bits per heavy atom. The predicted octanol–water partition coefficient (Wildman–Crippen LogP) is 3.27. The lowest BCUT2D eigenvalue weighted by atomic mass is 9.92. The van der Waals surface area contributed by atoms with Gasteiger partial charge in [0, 0.05) is 13.1 Å². The van der Waals surface area contributed by atoms with Crippen LogP contribution >= 0.6 is 0 Å². The SMILES string of the molecule is CCNc1cc([N+](=O)[O-])cc(NCCC(C)(C)C)n1. The van der Waals surface area contributed by atoms with Gasteiger partial charge in [0.1, 0.15) is 11.6 Å². The van der Waals surface area contributed by atoms with Crippen LogP contribution < -0.4 is 10.6 Å². The van der Waals surface area contributed by atoms with Gasteiger partial charge in [-0.05, 0) is 18.8 Å². The molecule has 0 aliphatic rings. The summed E-state index contributed by atoms with van der Waals surface area (Å²) in [6.07, 6.45) is 0.966. The lowest BCUT2D eigenvalue weighted by molar-refractivity contribution is -0.384. The summed E-state index contributed by atoms with van der Waals surface area (Å²) in [6, 6.07) is 2.90. The Morgan fingerprint density at radius 2 is 1.84 bits per heavy atom. The summed E-state index contributed by atoms with van der Waals surface area (Å²) in [6.45, 7) is 9.80. The quantitative estimate of drug-likeness (QED) is 0.610. The number of rotatable bonds is 6. The van der Waals surface area contributed by atoms with Gasteiger partial charge in [-0.15, -0.1) is 0 Å². The van der Waals surface area contributed by atoms with Crippen LogP contribution in [0.15, 0.2) is 12.1 Å². The molecule has 0 unspecified atom stereocenters. The Labute approximate surface area is 113 Å². The second kappa shape index (κ2) is 6.36. The van der Waals surface area contributed by atoms with Crippen molar-refractivity contribution in [1.82, 2.24) is 4.98 Å². The van der Waals surface area contributed by atoms with Gasteiger partial charge in [0.15, 0.2) is 0 Å². The summed E-state index contributed by atoms with van der Waals surface area (Å²) >= 11 is 0. The van der Waals surface area contributed by atoms with Crippen LogP contribution in [0.1, 0.15) is 34.1 Å². The molecule has 2 N–H and O–H groups in total. The first-order chi connectivity index (χ1) is 8.81. The summed E-state index contributed by atoms with van der Waals surface area (Å²) in [7, 11) is 0. The van der Waals surface area contributed by atoms with E-state index in [4.69, 9.17) is 0 Å². The van der Waals surface area contributed by atoms with Crippen molar-refractivity contribution < 1.29 is 4.92 Å². The minimum absolute atomic E-state index is 0.0456. The monoisotopic (exact) mass is 266 g/mol. The number of aromatic nitrogens is 1. The molecule has 6 nitrogen and oxygen atoms in total. The zero-order valence-electron chi connectivity index (χ0n) is 12.0. The normalized spacial score (nSPS) is 11.2. The molecule has 0 amide bonds. The van der Waals surface area contributed by atoms with Gasteiger partial charge in [-0.3, -0.25) is 10.1 Å². The predicted molar refractivity (Wildman–Crippen MR) is 77.6 cm³/mol. The molecule has 0 aliphatic carbocycles. The van der Waals surface area contributed by atoms with Gasteiger partial charge in [0.25, 0.3) is 5.69 Å². The Morgan fingerprint density at radius 1 is 1.26 bits per heavy atom. The van der Waals surface area contributed by atoms with Crippen LogP contribution in [0.3, 0.4) is 0 Å². The van der Waals surface area contributed by atoms with Crippen molar-refractivity contribution >= 4 is 17.3 Å². The van der Waals surface area contributed by atoms with E-state index >= 15 is 0 Å². The molecule has 6 heteroatoms. The molecule has 0 spiro atoms. The molecule has 0 aromatic carbocycles. The van der Waals surface area contributed by atoms with Crippen LogP contribution in [0.2, 0.25) is 0 Å². The first-order valence-electron chi connectivity index (χ1n) is 6.46. The Hall–Kier alpha value is -1.85. The minimum Gasteiger partial charge on any atom is -0.370 e. The summed E-state index contributed by atoms with van der Waals surface area (Å²) in [5, 5.41) is 17.0. The lowest BCUT2D eigenvalue weighted by Crippen LogP contribution is -2.14. The van der Waals surface area contributed by atoms with Crippen molar-refractivity contribution in [3.8, 4) is 0 Å². The van der Waals surface area contributed by atoms with Gasteiger partial charge in [-0.2, -0.15) is 0 Å². The molecule has 106 valence electrons. The first-order valence-corrected chi connectivity index (χ1v) is 6.46. The zero-order chi connectivity index (χ0) is 14.5. The van der Waals surface area contributed by atoms with Crippen LogP contribution in [-0.2, 0) is 0 Å². The number of nitrogens with one attached hydrogen (secondary N) is 2. The summed E-state index contributed by atoms with van der Waals surface area (Å²) in [5.74, 6) is 1.06. The largest absolute Gasteiger partial charge is 0.370 e. The van der Waals surface area contributed by atoms with E-state index < -0.39 is 4.92 Å². The molecular weight excluding hydrogens is 244 g/mol. The van der Waals surface area contributed by atoms with E-state index in [-0.39, 0.29) is 11.1 Å². The van der Waals surface area contributed by atoms with Crippen molar-refractivity contribution in [2.45, 2.75) is 34.1 Å². The third-order valence-corrected chi connectivity index (χ3v) is 2.56. The van der Waals surface area contributed by atoms with E-state index in [1.54, 1.807) is 0 Å². The molecule has 0 radical (unpaired) electrons. The molecule has 1 aromatic heterocycles. The van der Waals surface area contributed by atoms with Crippen molar-refractivity contribution in [3.05, 3.63) is 22.2 Å². The molecule has 1 aromatic rings. The van der Waals surface area contributed by atoms with E-state index in [0.29, 0.717) is 18.2 Å². The molecule has 0 fully saturated rings. The Kier molecular flexibility index (Phi) is 5.09. The maximum atomic E-state index is 10.9. The van der Waals surface area contributed by atoms with E-state index in [1.165, 1.54) is 12.1 Å². The Bertz CT molecular complexity index is 441. The highest BCUT2D eigenvalue weighted by atomic mass is 16.6. The van der Waals surface area contributed by atoms with Gasteiger partial charge in [0.05, 0.1) is 17.1 Å². The average Bonchev–Trinajstić information content (AvgIpc) is 2.27. The van der Waals surface area contributed by atoms with Gasteiger partial charge < -0.3 is 10.6 Å². The van der Waals surface area contributed by atoms with Crippen LogP contribution in [0.5, 0.6) is 0 Å². The minimum atomic E-state index is -0.405. The third kappa shape index (κ3) is 5.54. The zero-order valence-corrected chi connectivity index (χ0v) is 12.0. The summed E-state index contributed by atoms with van der Waals surface area (Å²) in [4.78, 5) is 14.8. The highest BCUT2D eigenvalue weighted by molar-refractivity contribution is 5.54. The maximum absolute atomic E-state index is 10.9. The van der Waals surface area contributed by atoms with Crippen LogP contribution in [0.4, 0.5) is 17.3 Å². The van der Waals surface area contributed by atoms with E-state index in [1.807, 2.05) is 6.92 Å². The van der Waals surface area contributed by atoms with Gasteiger partial charge >= 0.3 is 0 Å². The fraction of sp³-hybridized carbons (Fsp3) is 0.615. The molecule has 0 aliphatic heterocycles. The summed E-state index contributed by atoms with van der Waals surface area (Å²) < 4.78 is 0. The highest BCUT2D eigenvalue weighted by Crippen LogP contribution is 2.22. The van der Waals surface area contributed by atoms with Crippen molar-refractivity contribution in [3.63, 3.8) is 0 Å². The number of hydrogen-bond acceptors (Lipinski definition) is 5. The fourth-order valence-corrected chi connectivity index (χ4v) is 1.55. The smallest absolute Gasteiger partial charge is 0.276 e. The molecular formula is C13H22N4O2. The third-order valence-electron chi connectivity index (χ3n) is 2.56. The molecule has 0 saturated carbocycles. The van der Waals surface area contributed by atoms with E-state index in [0.717, 1.165) is 13.0 Å². The van der Waals surface area contributed by atoms with Crippen LogP contribution in [0.25, 0.3) is 0 Å². The van der Waals surface area contributed by atoms with Gasteiger partial charge in [0.2, 0.25) is 0 Å². The average molecular weight is 266 g/mol. The number of pyridine rings is 1. The molecule has 1 rings (SSSR count). The first kappa shape index (κ1) is 15.2. The number of hydrogen-bond donors (Lipinski definition) is 2. The molecule has 0 atom stereocenters. The maximum Gasteiger partial charge on any atom is 0.276 e.